The molecule has 0 aliphatic heterocycles. The van der Waals surface area contributed by atoms with Crippen LogP contribution in [0.2, 0.25) is 0 Å². The average molecular weight is 252 g/mol. The summed E-state index contributed by atoms with van der Waals surface area (Å²) in [6, 6.07) is 3.27. The Labute approximate surface area is 105 Å². The summed E-state index contributed by atoms with van der Waals surface area (Å²) in [7, 11) is 1.30. The van der Waals surface area contributed by atoms with Gasteiger partial charge < -0.3 is 14.8 Å². The largest absolute Gasteiger partial charge is 0.477 e. The molecule has 0 saturated heterocycles. The molecule has 18 heavy (non-hydrogen) atoms. The number of esters is 1. The van der Waals surface area contributed by atoms with Gasteiger partial charge in [-0.25, -0.2) is 4.98 Å². The Morgan fingerprint density at radius 2 is 2.22 bits per heavy atom. The summed E-state index contributed by atoms with van der Waals surface area (Å²) in [5.41, 5.74) is 0.351. The van der Waals surface area contributed by atoms with Crippen molar-refractivity contribution in [3.05, 3.63) is 23.9 Å². The highest BCUT2D eigenvalue weighted by molar-refractivity contribution is 5.96. The predicted octanol–water partition coefficient (Wildman–Crippen LogP) is 0.773. The van der Waals surface area contributed by atoms with Gasteiger partial charge in [-0.05, 0) is 19.1 Å². The first-order valence-electron chi connectivity index (χ1n) is 5.61. The number of hydrogen-bond acceptors (Lipinski definition) is 5. The van der Waals surface area contributed by atoms with Crippen LogP contribution in [0.5, 0.6) is 5.88 Å². The fourth-order valence-corrected chi connectivity index (χ4v) is 1.29. The molecule has 0 bridgehead atoms. The summed E-state index contributed by atoms with van der Waals surface area (Å²) in [5.74, 6) is -0.405. The van der Waals surface area contributed by atoms with Gasteiger partial charge in [0.05, 0.1) is 20.1 Å². The second kappa shape index (κ2) is 7.26. The molecule has 0 spiro atoms. The minimum atomic E-state index is -0.369. The summed E-state index contributed by atoms with van der Waals surface area (Å²) in [6.07, 6.45) is 1.68. The summed E-state index contributed by atoms with van der Waals surface area (Å²) >= 11 is 0. The molecule has 1 amide bonds. The standard InChI is InChI=1S/C12H16N2O4/c1-3-18-12-9(5-4-7-14-12)11(16)13-8-6-10(15)17-2/h4-5,7H,3,6,8H2,1-2H3,(H,13,16). The number of rotatable bonds is 6. The molecule has 1 heterocycles. The van der Waals surface area contributed by atoms with E-state index in [1.807, 2.05) is 6.92 Å². The molecule has 1 rings (SSSR count). The fraction of sp³-hybridized carbons (Fsp3) is 0.417. The van der Waals surface area contributed by atoms with Gasteiger partial charge in [-0.2, -0.15) is 0 Å². The van der Waals surface area contributed by atoms with Crippen molar-refractivity contribution in [2.45, 2.75) is 13.3 Å². The fourth-order valence-electron chi connectivity index (χ4n) is 1.29. The van der Waals surface area contributed by atoms with Crippen LogP contribution in [0.1, 0.15) is 23.7 Å². The van der Waals surface area contributed by atoms with Crippen molar-refractivity contribution < 1.29 is 19.1 Å². The number of hydrogen-bond donors (Lipinski definition) is 1. The number of carbonyl (C=O) groups excluding carboxylic acids is 2. The number of aromatic nitrogens is 1. The van der Waals surface area contributed by atoms with Gasteiger partial charge in [0, 0.05) is 12.7 Å². The maximum atomic E-state index is 11.8. The number of methoxy groups -OCH3 is 1. The zero-order chi connectivity index (χ0) is 13.4. The molecule has 0 aliphatic carbocycles. The lowest BCUT2D eigenvalue weighted by molar-refractivity contribution is -0.140. The quantitative estimate of drug-likeness (QED) is 0.757. The normalized spacial score (nSPS) is 9.67. The van der Waals surface area contributed by atoms with Crippen LogP contribution in [-0.4, -0.2) is 37.1 Å². The first-order chi connectivity index (χ1) is 8.69. The molecule has 0 atom stereocenters. The molecule has 98 valence electrons. The number of nitrogens with zero attached hydrogens (tertiary/aromatic N) is 1. The van der Waals surface area contributed by atoms with Crippen molar-refractivity contribution >= 4 is 11.9 Å². The first kappa shape index (κ1) is 14.0. The van der Waals surface area contributed by atoms with Crippen LogP contribution >= 0.6 is 0 Å². The molecular weight excluding hydrogens is 236 g/mol. The number of pyridine rings is 1. The Kier molecular flexibility index (Phi) is 5.63. The Morgan fingerprint density at radius 1 is 1.44 bits per heavy atom. The van der Waals surface area contributed by atoms with Gasteiger partial charge in [0.25, 0.3) is 5.91 Å². The second-order valence-corrected chi connectivity index (χ2v) is 3.37. The minimum Gasteiger partial charge on any atom is -0.477 e. The topological polar surface area (TPSA) is 77.5 Å². The van der Waals surface area contributed by atoms with Gasteiger partial charge in [0.1, 0.15) is 5.56 Å². The van der Waals surface area contributed by atoms with Crippen LogP contribution in [0.3, 0.4) is 0 Å². The SMILES string of the molecule is CCOc1ncccc1C(=O)NCCC(=O)OC. The van der Waals surface area contributed by atoms with Gasteiger partial charge in [0.15, 0.2) is 0 Å². The summed E-state index contributed by atoms with van der Waals surface area (Å²) in [4.78, 5) is 26.7. The monoisotopic (exact) mass is 252 g/mol. The zero-order valence-electron chi connectivity index (χ0n) is 10.4. The third-order valence-corrected chi connectivity index (χ3v) is 2.14. The maximum Gasteiger partial charge on any atom is 0.307 e. The van der Waals surface area contributed by atoms with Crippen molar-refractivity contribution in [2.75, 3.05) is 20.3 Å². The van der Waals surface area contributed by atoms with Crippen LogP contribution < -0.4 is 10.1 Å². The molecule has 0 fully saturated rings. The lowest BCUT2D eigenvalue weighted by Gasteiger charge is -2.08. The average Bonchev–Trinajstić information content (AvgIpc) is 2.39. The van der Waals surface area contributed by atoms with Crippen molar-refractivity contribution in [1.29, 1.82) is 0 Å². The number of amides is 1. The van der Waals surface area contributed by atoms with Gasteiger partial charge in [0.2, 0.25) is 5.88 Å². The molecular formula is C12H16N2O4. The molecule has 0 unspecified atom stereocenters. The predicted molar refractivity (Wildman–Crippen MR) is 64.4 cm³/mol. The van der Waals surface area contributed by atoms with Crippen molar-refractivity contribution in [3.63, 3.8) is 0 Å². The summed E-state index contributed by atoms with van der Waals surface area (Å²) in [6.45, 7) is 2.46. The van der Waals surface area contributed by atoms with E-state index in [1.54, 1.807) is 18.3 Å². The molecule has 0 radical (unpaired) electrons. The Bertz CT molecular complexity index is 420. The highest BCUT2D eigenvalue weighted by atomic mass is 16.5. The molecule has 1 N–H and O–H groups in total. The lowest BCUT2D eigenvalue weighted by Crippen LogP contribution is -2.27. The summed E-state index contributed by atoms with van der Waals surface area (Å²) in [5, 5.41) is 2.60. The molecule has 0 aromatic carbocycles. The highest BCUT2D eigenvalue weighted by Gasteiger charge is 2.13. The minimum absolute atomic E-state index is 0.131. The number of nitrogens with one attached hydrogen (secondary N) is 1. The van der Waals surface area contributed by atoms with Crippen LogP contribution in [0, 0.1) is 0 Å². The van der Waals surface area contributed by atoms with Gasteiger partial charge in [-0.3, -0.25) is 9.59 Å². The van der Waals surface area contributed by atoms with E-state index in [9.17, 15) is 9.59 Å². The number of carbonyl (C=O) groups is 2. The third kappa shape index (κ3) is 4.04. The van der Waals surface area contributed by atoms with E-state index in [-0.39, 0.29) is 30.7 Å². The lowest BCUT2D eigenvalue weighted by atomic mass is 10.2. The second-order valence-electron chi connectivity index (χ2n) is 3.37. The molecule has 0 saturated carbocycles. The van der Waals surface area contributed by atoms with E-state index in [0.717, 1.165) is 0 Å². The van der Waals surface area contributed by atoms with Crippen LogP contribution in [-0.2, 0) is 9.53 Å². The van der Waals surface area contributed by atoms with Gasteiger partial charge >= 0.3 is 5.97 Å². The van der Waals surface area contributed by atoms with E-state index in [1.165, 1.54) is 7.11 Å². The van der Waals surface area contributed by atoms with Gasteiger partial charge in [-0.15, -0.1) is 0 Å². The van der Waals surface area contributed by atoms with Crippen LogP contribution in [0.4, 0.5) is 0 Å². The van der Waals surface area contributed by atoms with Gasteiger partial charge in [-0.1, -0.05) is 0 Å². The Morgan fingerprint density at radius 3 is 2.89 bits per heavy atom. The first-order valence-corrected chi connectivity index (χ1v) is 5.61. The summed E-state index contributed by atoms with van der Waals surface area (Å²) < 4.78 is 9.72. The van der Waals surface area contributed by atoms with E-state index < -0.39 is 0 Å². The molecule has 1 aromatic rings. The van der Waals surface area contributed by atoms with Crippen molar-refractivity contribution in [1.82, 2.24) is 10.3 Å². The third-order valence-electron chi connectivity index (χ3n) is 2.14. The van der Waals surface area contributed by atoms with Crippen LogP contribution in [0.25, 0.3) is 0 Å². The Balaban J connectivity index is 2.58. The Hall–Kier alpha value is -2.11. The van der Waals surface area contributed by atoms with Crippen molar-refractivity contribution in [3.8, 4) is 5.88 Å². The van der Waals surface area contributed by atoms with Crippen molar-refractivity contribution in [2.24, 2.45) is 0 Å². The highest BCUT2D eigenvalue weighted by Crippen LogP contribution is 2.13. The van der Waals surface area contributed by atoms with Crippen LogP contribution in [0.15, 0.2) is 18.3 Å². The maximum absolute atomic E-state index is 11.8. The van der Waals surface area contributed by atoms with E-state index in [2.05, 4.69) is 15.0 Å². The number of ether oxygens (including phenoxy) is 2. The van der Waals surface area contributed by atoms with E-state index in [0.29, 0.717) is 12.2 Å². The van der Waals surface area contributed by atoms with E-state index >= 15 is 0 Å². The molecule has 1 aromatic heterocycles. The van der Waals surface area contributed by atoms with E-state index in [4.69, 9.17) is 4.74 Å². The smallest absolute Gasteiger partial charge is 0.307 e. The zero-order valence-corrected chi connectivity index (χ0v) is 10.4. The molecule has 6 heteroatoms. The molecule has 6 nitrogen and oxygen atoms in total. The molecule has 0 aliphatic rings.